The minimum atomic E-state index is -0.773. The molecule has 336 valence electrons. The number of carbonyl (C=O) groups excluding carboxylic acids is 1. The zero-order valence-electron chi connectivity index (χ0n) is 37.8. The fourth-order valence-corrected chi connectivity index (χ4v) is 16.5. The predicted octanol–water partition coefficient (Wildman–Crippen LogP) is 9.40. The lowest BCUT2D eigenvalue weighted by Crippen LogP contribution is -2.62. The number of hydrogen-bond donors (Lipinski definition) is 4. The third-order valence-electron chi connectivity index (χ3n) is 20.2. The number of benzene rings is 1. The van der Waals surface area contributed by atoms with E-state index in [-0.39, 0.29) is 75.9 Å². The van der Waals surface area contributed by atoms with Crippen LogP contribution in [-0.4, -0.2) is 76.3 Å². The van der Waals surface area contributed by atoms with Crippen molar-refractivity contribution in [2.24, 2.45) is 63.6 Å². The fraction of sp³-hybridized carbons (Fsp3) is 0.769. The summed E-state index contributed by atoms with van der Waals surface area (Å²) in [5.41, 5.74) is 4.12. The van der Waals surface area contributed by atoms with E-state index >= 15 is 4.39 Å². The molecule has 8 aliphatic carbocycles. The van der Waals surface area contributed by atoms with Gasteiger partial charge in [-0.3, -0.25) is 9.59 Å². The van der Waals surface area contributed by atoms with Gasteiger partial charge >= 0.3 is 5.97 Å². The molecule has 0 radical (unpaired) electrons. The smallest absolute Gasteiger partial charge is 0.303 e. The third kappa shape index (κ3) is 7.02. The molecule has 0 heterocycles. The van der Waals surface area contributed by atoms with Gasteiger partial charge in [0.15, 0.2) is 5.78 Å². The Morgan fingerprint density at radius 2 is 1.75 bits per heavy atom. The molecule has 1 aromatic rings. The number of aliphatic hydroxyl groups is 3. The van der Waals surface area contributed by atoms with Crippen molar-refractivity contribution >= 4 is 17.4 Å². The summed E-state index contributed by atoms with van der Waals surface area (Å²) in [6.45, 7) is 12.1. The zero-order chi connectivity index (χ0) is 43.4. The van der Waals surface area contributed by atoms with Gasteiger partial charge in [-0.2, -0.15) is 0 Å². The molecule has 9 rings (SSSR count). The topological polar surface area (TPSA) is 128 Å². The van der Waals surface area contributed by atoms with Crippen LogP contribution in [0.5, 0.6) is 0 Å². The molecule has 8 aliphatic rings. The molecule has 0 bridgehead atoms. The number of rotatable bonds is 10. The Kier molecular flexibility index (Phi) is 11.3. The van der Waals surface area contributed by atoms with Crippen molar-refractivity contribution < 1.29 is 39.1 Å². The van der Waals surface area contributed by atoms with Crippen LogP contribution in [0.4, 0.5) is 10.1 Å². The van der Waals surface area contributed by atoms with Crippen molar-refractivity contribution in [3.05, 3.63) is 52.4 Å². The number of likely N-dealkylation sites (N-methyl/N-ethyl adjacent to an activating group) is 1. The second-order valence-corrected chi connectivity index (χ2v) is 22.7. The minimum Gasteiger partial charge on any atom is -0.481 e. The molecule has 8 nitrogen and oxygen atoms in total. The summed E-state index contributed by atoms with van der Waals surface area (Å²) in [6.07, 6.45) is 13.9. The Morgan fingerprint density at radius 1 is 0.967 bits per heavy atom. The van der Waals surface area contributed by atoms with Crippen LogP contribution in [0.1, 0.15) is 149 Å². The van der Waals surface area contributed by atoms with E-state index in [2.05, 4.69) is 33.8 Å². The van der Waals surface area contributed by atoms with E-state index in [1.54, 1.807) is 6.07 Å². The average Bonchev–Trinajstić information content (AvgIpc) is 3.69. The summed E-state index contributed by atoms with van der Waals surface area (Å²) in [5.74, 6) is 1.36. The molecule has 1 aromatic carbocycles. The number of allylic oxidation sites excluding steroid dienone is 4. The van der Waals surface area contributed by atoms with Gasteiger partial charge in [0, 0.05) is 37.8 Å². The van der Waals surface area contributed by atoms with E-state index < -0.39 is 23.8 Å². The number of halogens is 1. The maximum Gasteiger partial charge on any atom is 0.303 e. The molecule has 16 atom stereocenters. The van der Waals surface area contributed by atoms with E-state index in [1.807, 2.05) is 31.0 Å². The summed E-state index contributed by atoms with van der Waals surface area (Å²) in [7, 11) is 1.93. The van der Waals surface area contributed by atoms with Crippen LogP contribution in [0.15, 0.2) is 41.0 Å². The van der Waals surface area contributed by atoms with Gasteiger partial charge in [0.25, 0.3) is 0 Å². The maximum atomic E-state index is 16.4. The van der Waals surface area contributed by atoms with Gasteiger partial charge < -0.3 is 30.1 Å². The lowest BCUT2D eigenvalue weighted by atomic mass is 9.43. The highest BCUT2D eigenvalue weighted by Crippen LogP contribution is 2.69. The van der Waals surface area contributed by atoms with Crippen molar-refractivity contribution in [1.29, 1.82) is 0 Å². The standard InChI is InChI=1S/C52H74FNO7/c1-29(7-16-46(58)59)38-13-14-40-48-41(27-45(57)52(38,40)5)49(2)19-17-34(25-32(49)26-44(48)56)61-22-21-54(6)43-15-9-31(24-42(43)53)37-28-50(3)39(18-20-51(50,4)60)36-11-8-30-23-33(55)10-12-35(30)47(36)37/h9,15,23-24,29,32,34,36-41,44-45,48,56-57,60H,7-8,10-14,16-22,25-28H2,1-6H3,(H,58,59)/t29-,32+,34+,36?,37-,38?,39?,40+,41+,44-,45+,48+,49+,50+,51+,52-/m1/s1. The maximum absolute atomic E-state index is 16.4. The second-order valence-electron chi connectivity index (χ2n) is 22.7. The Balaban J connectivity index is 0.847. The number of nitrogens with zero attached hydrogens (tertiary/aromatic N) is 1. The Labute approximate surface area is 363 Å². The van der Waals surface area contributed by atoms with E-state index in [0.717, 1.165) is 82.6 Å². The summed E-state index contributed by atoms with van der Waals surface area (Å²) in [5, 5.41) is 45.0. The van der Waals surface area contributed by atoms with Crippen molar-refractivity contribution in [2.75, 3.05) is 25.1 Å². The van der Waals surface area contributed by atoms with Gasteiger partial charge in [-0.15, -0.1) is 0 Å². The fourth-order valence-electron chi connectivity index (χ4n) is 16.5. The Hall–Kier alpha value is -2.59. The molecule has 4 N–H and O–H groups in total. The highest BCUT2D eigenvalue weighted by atomic mass is 19.1. The van der Waals surface area contributed by atoms with E-state index in [4.69, 9.17) is 4.74 Å². The zero-order valence-corrected chi connectivity index (χ0v) is 37.8. The van der Waals surface area contributed by atoms with Crippen LogP contribution in [0.2, 0.25) is 0 Å². The number of carboxylic acid groups (broad SMARTS) is 1. The lowest BCUT2D eigenvalue weighted by molar-refractivity contribution is -0.209. The Bertz CT molecular complexity index is 1960. The number of hydrogen-bond acceptors (Lipinski definition) is 7. The molecule has 0 amide bonds. The van der Waals surface area contributed by atoms with Crippen LogP contribution < -0.4 is 4.90 Å². The molecule has 61 heavy (non-hydrogen) atoms. The molecular weight excluding hydrogens is 770 g/mol. The number of anilines is 1. The first-order valence-electron chi connectivity index (χ1n) is 24.3. The summed E-state index contributed by atoms with van der Waals surface area (Å²) in [6, 6.07) is 5.76. The first-order chi connectivity index (χ1) is 28.9. The molecule has 6 saturated carbocycles. The van der Waals surface area contributed by atoms with Gasteiger partial charge in [0.2, 0.25) is 0 Å². The van der Waals surface area contributed by atoms with Gasteiger partial charge in [0.1, 0.15) is 5.82 Å². The summed E-state index contributed by atoms with van der Waals surface area (Å²) in [4.78, 5) is 25.8. The summed E-state index contributed by atoms with van der Waals surface area (Å²) >= 11 is 0. The van der Waals surface area contributed by atoms with Crippen LogP contribution in [0, 0.1) is 69.4 Å². The quantitative estimate of drug-likeness (QED) is 0.184. The van der Waals surface area contributed by atoms with Crippen molar-refractivity contribution in [3.63, 3.8) is 0 Å². The summed E-state index contributed by atoms with van der Waals surface area (Å²) < 4.78 is 22.9. The minimum absolute atomic E-state index is 0.00102. The lowest BCUT2D eigenvalue weighted by Gasteiger charge is -2.63. The number of ether oxygens (including phenoxy) is 1. The molecule has 0 aliphatic heterocycles. The van der Waals surface area contributed by atoms with Crippen LogP contribution in [0.3, 0.4) is 0 Å². The van der Waals surface area contributed by atoms with Crippen LogP contribution >= 0.6 is 0 Å². The number of aliphatic hydroxyl groups excluding tert-OH is 2. The molecular formula is C52H74FNO7. The van der Waals surface area contributed by atoms with Crippen molar-refractivity contribution in [2.45, 2.75) is 167 Å². The number of carboxylic acids is 1. The van der Waals surface area contributed by atoms with E-state index in [9.17, 15) is 30.0 Å². The normalized spacial score (nSPS) is 44.5. The predicted molar refractivity (Wildman–Crippen MR) is 234 cm³/mol. The SMILES string of the molecule is C[C@H](CCC(=O)O)C1CC[C@H]2[C@@H]3[C@H](O)C[C@@H]4C[C@@H](OCCN(C)c5ccc([C@H]6C[C@@]7(C)C(CC[C@]7(C)O)C7CCC8=CC(=O)CCC8=C76)cc5F)CC[C@]4(C)[C@H]3C[C@H](O)[C@]12C. The van der Waals surface area contributed by atoms with Gasteiger partial charge in [-0.1, -0.05) is 39.3 Å². The molecule has 9 heteroatoms. The second kappa shape index (κ2) is 15.8. The van der Waals surface area contributed by atoms with Crippen molar-refractivity contribution in [1.82, 2.24) is 0 Å². The largest absolute Gasteiger partial charge is 0.481 e. The van der Waals surface area contributed by atoms with Crippen molar-refractivity contribution in [3.8, 4) is 0 Å². The number of fused-ring (bicyclic) bond motifs is 9. The molecule has 0 aromatic heterocycles. The number of aliphatic carboxylic acids is 1. The number of carbonyl (C=O) groups is 2. The van der Waals surface area contributed by atoms with Crippen LogP contribution in [-0.2, 0) is 14.3 Å². The van der Waals surface area contributed by atoms with Gasteiger partial charge in [0.05, 0.1) is 36.2 Å². The highest BCUT2D eigenvalue weighted by Gasteiger charge is 2.66. The monoisotopic (exact) mass is 844 g/mol. The average molecular weight is 844 g/mol. The molecule has 6 fully saturated rings. The van der Waals surface area contributed by atoms with E-state index in [0.29, 0.717) is 55.9 Å². The first kappa shape index (κ1) is 43.7. The molecule has 3 unspecified atom stereocenters. The van der Waals surface area contributed by atoms with Gasteiger partial charge in [-0.05, 0) is 190 Å². The highest BCUT2D eigenvalue weighted by molar-refractivity contribution is 5.93. The van der Waals surface area contributed by atoms with Crippen LogP contribution in [0.25, 0.3) is 0 Å². The first-order valence-corrected chi connectivity index (χ1v) is 24.3. The molecule has 0 saturated heterocycles. The Morgan fingerprint density at radius 3 is 2.51 bits per heavy atom. The third-order valence-corrected chi connectivity index (χ3v) is 20.2. The number of ketones is 1. The van der Waals surface area contributed by atoms with E-state index in [1.165, 1.54) is 16.7 Å². The molecule has 0 spiro atoms. The van der Waals surface area contributed by atoms with Gasteiger partial charge in [-0.25, -0.2) is 4.39 Å².